The van der Waals surface area contributed by atoms with Gasteiger partial charge in [-0.3, -0.25) is 0 Å². The summed E-state index contributed by atoms with van der Waals surface area (Å²) in [6, 6.07) is 8.05. The van der Waals surface area contributed by atoms with Crippen molar-refractivity contribution < 1.29 is 9.47 Å². The van der Waals surface area contributed by atoms with Crippen molar-refractivity contribution in [2.45, 2.75) is 19.1 Å². The van der Waals surface area contributed by atoms with Gasteiger partial charge >= 0.3 is 0 Å². The van der Waals surface area contributed by atoms with Crippen LogP contribution in [0.3, 0.4) is 0 Å². The Labute approximate surface area is 103 Å². The number of halogens is 1. The first-order valence-corrected chi connectivity index (χ1v) is 5.29. The third-order valence-corrected chi connectivity index (χ3v) is 2.62. The molecule has 1 aromatic rings. The van der Waals surface area contributed by atoms with Crippen LogP contribution in [0.15, 0.2) is 24.3 Å². The molecule has 1 aliphatic rings. The fraction of sp³-hybridized carbons (Fsp3) is 0.500. The molecule has 0 spiro atoms. The molecule has 0 aromatic heterocycles. The molecule has 0 aliphatic carbocycles. The second kappa shape index (κ2) is 6.09. The lowest BCUT2D eigenvalue weighted by Crippen LogP contribution is -2.38. The maximum absolute atomic E-state index is 5.85. The molecule has 0 amide bonds. The lowest BCUT2D eigenvalue weighted by Gasteiger charge is -2.29. The Morgan fingerprint density at radius 3 is 2.88 bits per heavy atom. The first-order valence-electron chi connectivity index (χ1n) is 5.29. The Balaban J connectivity index is 0.00000128. The van der Waals surface area contributed by atoms with Gasteiger partial charge in [0.25, 0.3) is 0 Å². The topological polar surface area (TPSA) is 30.5 Å². The lowest BCUT2D eigenvalue weighted by molar-refractivity contribution is -0.0287. The van der Waals surface area contributed by atoms with E-state index in [2.05, 4.69) is 18.3 Å². The van der Waals surface area contributed by atoms with Crippen LogP contribution < -0.4 is 10.1 Å². The number of hydrogen-bond acceptors (Lipinski definition) is 3. The molecule has 3 nitrogen and oxygen atoms in total. The second-order valence-corrected chi connectivity index (χ2v) is 3.87. The van der Waals surface area contributed by atoms with Crippen molar-refractivity contribution in [3.8, 4) is 5.75 Å². The standard InChI is InChI=1S/C12H17NO2.ClH/c1-9-7-13-8-12(15-9)10-4-3-5-11(6-10)14-2;/h3-6,9,12-13H,7-8H2,1-2H3;1H. The highest BCUT2D eigenvalue weighted by atomic mass is 35.5. The fourth-order valence-electron chi connectivity index (χ4n) is 1.83. The van der Waals surface area contributed by atoms with E-state index >= 15 is 0 Å². The van der Waals surface area contributed by atoms with Crippen LogP contribution in [0, 0.1) is 0 Å². The quantitative estimate of drug-likeness (QED) is 0.864. The number of ether oxygens (including phenoxy) is 2. The molecular formula is C12H18ClNO2. The molecular weight excluding hydrogens is 226 g/mol. The van der Waals surface area contributed by atoms with Crippen LogP contribution >= 0.6 is 12.4 Å². The van der Waals surface area contributed by atoms with Crippen LogP contribution in [-0.4, -0.2) is 26.3 Å². The summed E-state index contributed by atoms with van der Waals surface area (Å²) in [7, 11) is 1.68. The van der Waals surface area contributed by atoms with Gasteiger partial charge in [-0.05, 0) is 24.6 Å². The zero-order chi connectivity index (χ0) is 10.7. The molecule has 0 bridgehead atoms. The van der Waals surface area contributed by atoms with Crippen molar-refractivity contribution >= 4 is 12.4 Å². The lowest BCUT2D eigenvalue weighted by atomic mass is 10.1. The van der Waals surface area contributed by atoms with Crippen LogP contribution in [0.25, 0.3) is 0 Å². The zero-order valence-corrected chi connectivity index (χ0v) is 10.4. The van der Waals surface area contributed by atoms with Crippen molar-refractivity contribution in [1.29, 1.82) is 0 Å². The minimum Gasteiger partial charge on any atom is -0.497 e. The van der Waals surface area contributed by atoms with E-state index < -0.39 is 0 Å². The van der Waals surface area contributed by atoms with E-state index in [-0.39, 0.29) is 24.6 Å². The summed E-state index contributed by atoms with van der Waals surface area (Å²) in [5.41, 5.74) is 1.17. The van der Waals surface area contributed by atoms with Gasteiger partial charge in [0.2, 0.25) is 0 Å². The molecule has 1 saturated heterocycles. The molecule has 16 heavy (non-hydrogen) atoms. The van der Waals surface area contributed by atoms with Crippen LogP contribution in [0.1, 0.15) is 18.6 Å². The molecule has 90 valence electrons. The molecule has 2 unspecified atom stereocenters. The van der Waals surface area contributed by atoms with Gasteiger partial charge < -0.3 is 14.8 Å². The number of methoxy groups -OCH3 is 1. The smallest absolute Gasteiger partial charge is 0.119 e. The Morgan fingerprint density at radius 2 is 2.19 bits per heavy atom. The summed E-state index contributed by atoms with van der Waals surface area (Å²) in [6.45, 7) is 3.89. The van der Waals surface area contributed by atoms with Gasteiger partial charge in [-0.15, -0.1) is 12.4 Å². The van der Waals surface area contributed by atoms with E-state index in [9.17, 15) is 0 Å². The summed E-state index contributed by atoms with van der Waals surface area (Å²) in [6.07, 6.45) is 0.416. The summed E-state index contributed by atoms with van der Waals surface area (Å²) < 4.78 is 11.1. The number of morpholine rings is 1. The minimum absolute atomic E-state index is 0. The maximum Gasteiger partial charge on any atom is 0.119 e. The van der Waals surface area contributed by atoms with E-state index in [1.165, 1.54) is 5.56 Å². The molecule has 4 heteroatoms. The number of nitrogens with one attached hydrogen (secondary N) is 1. The van der Waals surface area contributed by atoms with Crippen molar-refractivity contribution in [3.05, 3.63) is 29.8 Å². The van der Waals surface area contributed by atoms with Gasteiger partial charge in [-0.25, -0.2) is 0 Å². The van der Waals surface area contributed by atoms with Crippen molar-refractivity contribution in [3.63, 3.8) is 0 Å². The Bertz CT molecular complexity index is 333. The highest BCUT2D eigenvalue weighted by molar-refractivity contribution is 5.85. The summed E-state index contributed by atoms with van der Waals surface area (Å²) in [5, 5.41) is 3.35. The van der Waals surface area contributed by atoms with E-state index in [4.69, 9.17) is 9.47 Å². The van der Waals surface area contributed by atoms with Gasteiger partial charge in [0.05, 0.1) is 19.3 Å². The predicted octanol–water partition coefficient (Wildman–Crippen LogP) is 2.17. The first kappa shape index (κ1) is 13.3. The van der Waals surface area contributed by atoms with Gasteiger partial charge in [0.15, 0.2) is 0 Å². The summed E-state index contributed by atoms with van der Waals surface area (Å²) >= 11 is 0. The first-order chi connectivity index (χ1) is 7.29. The number of benzene rings is 1. The predicted molar refractivity (Wildman–Crippen MR) is 66.4 cm³/mol. The zero-order valence-electron chi connectivity index (χ0n) is 9.60. The average Bonchev–Trinajstić information content (AvgIpc) is 2.29. The second-order valence-electron chi connectivity index (χ2n) is 3.87. The Kier molecular flexibility index (Phi) is 5.06. The molecule has 1 fully saturated rings. The molecule has 0 radical (unpaired) electrons. The third-order valence-electron chi connectivity index (χ3n) is 2.62. The number of rotatable bonds is 2. The Morgan fingerprint density at radius 1 is 1.38 bits per heavy atom. The molecule has 1 heterocycles. The van der Waals surface area contributed by atoms with Crippen LogP contribution in [0.2, 0.25) is 0 Å². The van der Waals surface area contributed by atoms with E-state index in [1.807, 2.05) is 18.2 Å². The highest BCUT2D eigenvalue weighted by Gasteiger charge is 2.20. The SMILES string of the molecule is COc1cccc(C2CNCC(C)O2)c1.Cl. The Hall–Kier alpha value is -0.770. The largest absolute Gasteiger partial charge is 0.497 e. The molecule has 2 atom stereocenters. The molecule has 1 N–H and O–H groups in total. The molecule has 0 saturated carbocycles. The van der Waals surface area contributed by atoms with E-state index in [0.717, 1.165) is 18.8 Å². The van der Waals surface area contributed by atoms with E-state index in [0.29, 0.717) is 0 Å². The van der Waals surface area contributed by atoms with Gasteiger partial charge in [-0.2, -0.15) is 0 Å². The third kappa shape index (κ3) is 3.11. The number of hydrogen-bond donors (Lipinski definition) is 1. The highest BCUT2D eigenvalue weighted by Crippen LogP contribution is 2.24. The normalized spacial score (nSPS) is 24.6. The average molecular weight is 244 g/mol. The van der Waals surface area contributed by atoms with Gasteiger partial charge in [0, 0.05) is 13.1 Å². The van der Waals surface area contributed by atoms with Crippen LogP contribution in [-0.2, 0) is 4.74 Å². The minimum atomic E-state index is 0. The van der Waals surface area contributed by atoms with Crippen molar-refractivity contribution in [2.75, 3.05) is 20.2 Å². The van der Waals surface area contributed by atoms with Crippen molar-refractivity contribution in [1.82, 2.24) is 5.32 Å². The molecule has 1 aromatic carbocycles. The summed E-state index contributed by atoms with van der Waals surface area (Å²) in [4.78, 5) is 0. The molecule has 2 rings (SSSR count). The fourth-order valence-corrected chi connectivity index (χ4v) is 1.83. The maximum atomic E-state index is 5.85. The van der Waals surface area contributed by atoms with Gasteiger partial charge in [-0.1, -0.05) is 12.1 Å². The van der Waals surface area contributed by atoms with Crippen LogP contribution in [0.4, 0.5) is 0 Å². The van der Waals surface area contributed by atoms with Gasteiger partial charge in [0.1, 0.15) is 5.75 Å². The molecule has 1 aliphatic heterocycles. The summed E-state index contributed by atoms with van der Waals surface area (Å²) in [5.74, 6) is 0.884. The van der Waals surface area contributed by atoms with Crippen molar-refractivity contribution in [2.24, 2.45) is 0 Å². The van der Waals surface area contributed by atoms with E-state index in [1.54, 1.807) is 7.11 Å². The monoisotopic (exact) mass is 243 g/mol. The van der Waals surface area contributed by atoms with Crippen LogP contribution in [0.5, 0.6) is 5.75 Å².